The topological polar surface area (TPSA) is 50.9 Å². The van der Waals surface area contributed by atoms with Crippen LogP contribution in [0.25, 0.3) is 10.9 Å². The molecule has 0 amide bonds. The molecule has 2 aromatic rings. The van der Waals surface area contributed by atoms with E-state index in [1.165, 1.54) is 5.56 Å². The Kier molecular flexibility index (Phi) is 2.86. The number of nitrogens with one attached hydrogen (secondary N) is 1. The van der Waals surface area contributed by atoms with Crippen molar-refractivity contribution >= 4 is 32.5 Å². The number of halogens is 1. The maximum absolute atomic E-state index is 5.58. The SMILES string of the molecule is Cc1ccc2c(NN)c(C)c(C)nc2c1Br. The fourth-order valence-corrected chi connectivity index (χ4v) is 2.23. The summed E-state index contributed by atoms with van der Waals surface area (Å²) in [5, 5.41) is 1.04. The van der Waals surface area contributed by atoms with Crippen molar-refractivity contribution in [3.8, 4) is 0 Å². The summed E-state index contributed by atoms with van der Waals surface area (Å²) in [5.41, 5.74) is 7.92. The summed E-state index contributed by atoms with van der Waals surface area (Å²) in [7, 11) is 0. The third-order valence-electron chi connectivity index (χ3n) is 2.92. The van der Waals surface area contributed by atoms with Gasteiger partial charge in [0, 0.05) is 15.6 Å². The zero-order valence-electron chi connectivity index (χ0n) is 9.56. The lowest BCUT2D eigenvalue weighted by Crippen LogP contribution is -2.10. The van der Waals surface area contributed by atoms with Crippen LogP contribution >= 0.6 is 15.9 Å². The highest BCUT2D eigenvalue weighted by atomic mass is 79.9. The Morgan fingerprint density at radius 3 is 2.56 bits per heavy atom. The Morgan fingerprint density at radius 2 is 1.94 bits per heavy atom. The molecule has 1 aromatic carbocycles. The first-order chi connectivity index (χ1) is 7.56. The molecule has 3 nitrogen and oxygen atoms in total. The van der Waals surface area contributed by atoms with Crippen LogP contribution in [0.2, 0.25) is 0 Å². The number of nitrogens with two attached hydrogens (primary N) is 1. The molecule has 0 bridgehead atoms. The third-order valence-corrected chi connectivity index (χ3v) is 3.92. The molecule has 4 heteroatoms. The van der Waals surface area contributed by atoms with Crippen molar-refractivity contribution in [3.63, 3.8) is 0 Å². The lowest BCUT2D eigenvalue weighted by molar-refractivity contribution is 1.17. The second-order valence-corrected chi connectivity index (χ2v) is 4.73. The highest BCUT2D eigenvalue weighted by molar-refractivity contribution is 9.10. The van der Waals surface area contributed by atoms with Crippen LogP contribution in [-0.2, 0) is 0 Å². The molecule has 1 heterocycles. The van der Waals surface area contributed by atoms with Gasteiger partial charge in [-0.2, -0.15) is 0 Å². The second kappa shape index (κ2) is 4.03. The predicted octanol–water partition coefficient (Wildman–Crippen LogP) is 3.21. The van der Waals surface area contributed by atoms with Crippen LogP contribution in [0.1, 0.15) is 16.8 Å². The van der Waals surface area contributed by atoms with E-state index in [2.05, 4.69) is 39.3 Å². The molecule has 16 heavy (non-hydrogen) atoms. The molecule has 0 unspecified atom stereocenters. The van der Waals surface area contributed by atoms with Gasteiger partial charge < -0.3 is 5.43 Å². The first-order valence-electron chi connectivity index (χ1n) is 5.09. The molecular formula is C12H14BrN3. The molecule has 3 N–H and O–H groups in total. The van der Waals surface area contributed by atoms with Gasteiger partial charge in [-0.25, -0.2) is 0 Å². The van der Waals surface area contributed by atoms with E-state index in [4.69, 9.17) is 5.84 Å². The largest absolute Gasteiger partial charge is 0.323 e. The zero-order valence-corrected chi connectivity index (χ0v) is 11.1. The number of hydrazine groups is 1. The number of aryl methyl sites for hydroxylation is 2. The van der Waals surface area contributed by atoms with Crippen molar-refractivity contribution in [2.45, 2.75) is 20.8 Å². The molecule has 0 aliphatic heterocycles. The van der Waals surface area contributed by atoms with Gasteiger partial charge in [-0.15, -0.1) is 0 Å². The molecule has 0 spiro atoms. The fraction of sp³-hybridized carbons (Fsp3) is 0.250. The van der Waals surface area contributed by atoms with Gasteiger partial charge in [0.2, 0.25) is 0 Å². The molecule has 1 aromatic heterocycles. The van der Waals surface area contributed by atoms with Crippen molar-refractivity contribution in [1.29, 1.82) is 0 Å². The minimum atomic E-state index is 0.947. The number of pyridine rings is 1. The molecule has 2 rings (SSSR count). The van der Waals surface area contributed by atoms with Crippen LogP contribution in [0.3, 0.4) is 0 Å². The van der Waals surface area contributed by atoms with Crippen LogP contribution < -0.4 is 11.3 Å². The van der Waals surface area contributed by atoms with Crippen LogP contribution in [0.5, 0.6) is 0 Å². The molecular weight excluding hydrogens is 266 g/mol. The van der Waals surface area contributed by atoms with E-state index in [0.717, 1.165) is 32.3 Å². The summed E-state index contributed by atoms with van der Waals surface area (Å²) in [4.78, 5) is 4.60. The normalized spacial score (nSPS) is 10.8. The highest BCUT2D eigenvalue weighted by Gasteiger charge is 2.11. The van der Waals surface area contributed by atoms with E-state index in [1.807, 2.05) is 19.9 Å². The standard InChI is InChI=1S/C12H14BrN3/c1-6-4-5-9-11(16-14)7(2)8(3)15-12(9)10(6)13/h4-5H,14H2,1-3H3,(H,15,16). The van der Waals surface area contributed by atoms with Gasteiger partial charge in [0.1, 0.15) is 0 Å². The molecule has 84 valence electrons. The van der Waals surface area contributed by atoms with Crippen molar-refractivity contribution in [2.24, 2.45) is 5.84 Å². The molecule has 0 atom stereocenters. The number of aromatic nitrogens is 1. The Balaban J connectivity index is 2.96. The summed E-state index contributed by atoms with van der Waals surface area (Å²) < 4.78 is 1.03. The zero-order chi connectivity index (χ0) is 11.9. The number of nitrogens with zero attached hydrogens (tertiary/aromatic N) is 1. The number of fused-ring (bicyclic) bond motifs is 1. The summed E-state index contributed by atoms with van der Waals surface area (Å²) in [6.07, 6.45) is 0. The Labute approximate surface area is 103 Å². The summed E-state index contributed by atoms with van der Waals surface area (Å²) in [5.74, 6) is 5.58. The van der Waals surface area contributed by atoms with E-state index in [9.17, 15) is 0 Å². The Bertz CT molecular complexity index is 564. The quantitative estimate of drug-likeness (QED) is 0.623. The molecule has 0 saturated heterocycles. The fourth-order valence-electron chi connectivity index (χ4n) is 1.80. The van der Waals surface area contributed by atoms with Gasteiger partial charge in [-0.05, 0) is 47.8 Å². The number of hydrogen-bond acceptors (Lipinski definition) is 3. The maximum atomic E-state index is 5.58. The van der Waals surface area contributed by atoms with E-state index < -0.39 is 0 Å². The van der Waals surface area contributed by atoms with Gasteiger partial charge in [0.25, 0.3) is 0 Å². The molecule has 0 saturated carbocycles. The smallest absolute Gasteiger partial charge is 0.0871 e. The molecule has 0 radical (unpaired) electrons. The van der Waals surface area contributed by atoms with Crippen molar-refractivity contribution < 1.29 is 0 Å². The Hall–Kier alpha value is -1.13. The highest BCUT2D eigenvalue weighted by Crippen LogP contribution is 2.33. The Morgan fingerprint density at radius 1 is 1.25 bits per heavy atom. The van der Waals surface area contributed by atoms with Gasteiger partial charge in [-0.3, -0.25) is 10.8 Å². The number of anilines is 1. The average molecular weight is 280 g/mol. The average Bonchev–Trinajstić information content (AvgIpc) is 2.27. The van der Waals surface area contributed by atoms with E-state index in [0.29, 0.717) is 0 Å². The molecule has 0 aliphatic rings. The summed E-state index contributed by atoms with van der Waals surface area (Å²) in [6.45, 7) is 6.06. The first kappa shape index (κ1) is 11.4. The predicted molar refractivity (Wildman–Crippen MR) is 71.5 cm³/mol. The summed E-state index contributed by atoms with van der Waals surface area (Å²) >= 11 is 3.57. The van der Waals surface area contributed by atoms with E-state index in [1.54, 1.807) is 0 Å². The lowest BCUT2D eigenvalue weighted by Gasteiger charge is -2.13. The lowest BCUT2D eigenvalue weighted by atomic mass is 10.1. The van der Waals surface area contributed by atoms with Crippen molar-refractivity contribution in [3.05, 3.63) is 33.4 Å². The van der Waals surface area contributed by atoms with Crippen LogP contribution in [0.15, 0.2) is 16.6 Å². The van der Waals surface area contributed by atoms with Gasteiger partial charge in [0.05, 0.1) is 11.2 Å². The molecule has 0 aliphatic carbocycles. The number of benzene rings is 1. The van der Waals surface area contributed by atoms with Crippen molar-refractivity contribution in [2.75, 3.05) is 5.43 Å². The monoisotopic (exact) mass is 279 g/mol. The number of hydrogen-bond donors (Lipinski definition) is 2. The number of rotatable bonds is 1. The van der Waals surface area contributed by atoms with Crippen molar-refractivity contribution in [1.82, 2.24) is 4.98 Å². The third kappa shape index (κ3) is 1.58. The van der Waals surface area contributed by atoms with Crippen LogP contribution in [0.4, 0.5) is 5.69 Å². The first-order valence-corrected chi connectivity index (χ1v) is 5.88. The van der Waals surface area contributed by atoms with Gasteiger partial charge in [0.15, 0.2) is 0 Å². The number of nitrogen functional groups attached to an aromatic ring is 1. The summed E-state index contributed by atoms with van der Waals surface area (Å²) in [6, 6.07) is 4.10. The minimum Gasteiger partial charge on any atom is -0.323 e. The molecule has 0 fully saturated rings. The van der Waals surface area contributed by atoms with Crippen LogP contribution in [-0.4, -0.2) is 4.98 Å². The van der Waals surface area contributed by atoms with E-state index >= 15 is 0 Å². The van der Waals surface area contributed by atoms with Crippen LogP contribution in [0, 0.1) is 20.8 Å². The van der Waals surface area contributed by atoms with E-state index in [-0.39, 0.29) is 0 Å². The van der Waals surface area contributed by atoms with Gasteiger partial charge in [-0.1, -0.05) is 12.1 Å². The van der Waals surface area contributed by atoms with Gasteiger partial charge >= 0.3 is 0 Å². The minimum absolute atomic E-state index is 0.947. The second-order valence-electron chi connectivity index (χ2n) is 3.93. The maximum Gasteiger partial charge on any atom is 0.0871 e.